The number of nitrogens with one attached hydrogen (secondary N) is 1. The zero-order valence-electron chi connectivity index (χ0n) is 14.5. The molecule has 3 aromatic rings. The van der Waals surface area contributed by atoms with Crippen LogP contribution in [0.2, 0.25) is 0 Å². The summed E-state index contributed by atoms with van der Waals surface area (Å²) < 4.78 is 0. The number of thioether (sulfide) groups is 1. The van der Waals surface area contributed by atoms with Gasteiger partial charge >= 0.3 is 0 Å². The zero-order valence-corrected chi connectivity index (χ0v) is 15.3. The summed E-state index contributed by atoms with van der Waals surface area (Å²) in [6, 6.07) is 20.6. The largest absolute Gasteiger partial charge is 0.301 e. The van der Waals surface area contributed by atoms with Gasteiger partial charge < -0.3 is 5.32 Å². The number of carbonyl (C=O) groups is 1. The SMILES string of the molecule is O=C1NC(=NC2CC2c2ccccc2)S/C1=C\c1ccc2ncccc2c1. The molecule has 2 aromatic carbocycles. The van der Waals surface area contributed by atoms with Crippen molar-refractivity contribution in [2.24, 2.45) is 4.99 Å². The lowest BCUT2D eigenvalue weighted by molar-refractivity contribution is -0.115. The Morgan fingerprint density at radius 2 is 2.00 bits per heavy atom. The van der Waals surface area contributed by atoms with Crippen LogP contribution in [0.4, 0.5) is 0 Å². The van der Waals surface area contributed by atoms with Crippen LogP contribution in [-0.2, 0) is 4.79 Å². The fraction of sp³-hybridized carbons (Fsp3) is 0.136. The molecule has 0 bridgehead atoms. The lowest BCUT2D eigenvalue weighted by Gasteiger charge is -1.99. The van der Waals surface area contributed by atoms with Crippen LogP contribution in [0.5, 0.6) is 0 Å². The monoisotopic (exact) mass is 371 g/mol. The molecule has 5 heteroatoms. The third-order valence-electron chi connectivity index (χ3n) is 4.84. The summed E-state index contributed by atoms with van der Waals surface area (Å²) in [6.45, 7) is 0. The molecule has 1 saturated carbocycles. The van der Waals surface area contributed by atoms with E-state index in [2.05, 4.69) is 34.6 Å². The molecule has 1 aliphatic carbocycles. The molecule has 2 heterocycles. The summed E-state index contributed by atoms with van der Waals surface area (Å²) >= 11 is 1.42. The summed E-state index contributed by atoms with van der Waals surface area (Å²) in [5, 5.41) is 4.67. The van der Waals surface area contributed by atoms with Crippen molar-refractivity contribution < 1.29 is 4.79 Å². The Morgan fingerprint density at radius 3 is 2.89 bits per heavy atom. The smallest absolute Gasteiger partial charge is 0.264 e. The number of hydrogen-bond acceptors (Lipinski definition) is 4. The number of rotatable bonds is 3. The summed E-state index contributed by atoms with van der Waals surface area (Å²) in [6.07, 6.45) is 4.74. The Balaban J connectivity index is 1.33. The van der Waals surface area contributed by atoms with Crippen molar-refractivity contribution in [1.29, 1.82) is 0 Å². The molecule has 2 fully saturated rings. The van der Waals surface area contributed by atoms with Gasteiger partial charge in [0.15, 0.2) is 5.17 Å². The van der Waals surface area contributed by atoms with E-state index in [4.69, 9.17) is 4.99 Å². The van der Waals surface area contributed by atoms with Gasteiger partial charge in [0.2, 0.25) is 0 Å². The van der Waals surface area contributed by atoms with Crippen LogP contribution in [0.3, 0.4) is 0 Å². The Morgan fingerprint density at radius 1 is 1.11 bits per heavy atom. The van der Waals surface area contributed by atoms with E-state index >= 15 is 0 Å². The van der Waals surface area contributed by atoms with Gasteiger partial charge in [0.25, 0.3) is 5.91 Å². The Labute approximate surface area is 161 Å². The summed E-state index contributed by atoms with van der Waals surface area (Å²) in [7, 11) is 0. The molecular weight excluding hydrogens is 354 g/mol. The van der Waals surface area contributed by atoms with Gasteiger partial charge in [-0.05, 0) is 53.6 Å². The molecule has 1 saturated heterocycles. The molecule has 4 nitrogen and oxygen atoms in total. The fourth-order valence-corrected chi connectivity index (χ4v) is 4.24. The predicted molar refractivity (Wildman–Crippen MR) is 110 cm³/mol. The Bertz CT molecular complexity index is 1090. The van der Waals surface area contributed by atoms with E-state index in [1.807, 2.05) is 42.5 Å². The highest BCUT2D eigenvalue weighted by atomic mass is 32.2. The predicted octanol–water partition coefficient (Wildman–Crippen LogP) is 4.35. The van der Waals surface area contributed by atoms with Gasteiger partial charge in [-0.15, -0.1) is 0 Å². The first-order chi connectivity index (χ1) is 13.3. The molecule has 1 N–H and O–H groups in total. The number of amides is 1. The van der Waals surface area contributed by atoms with E-state index in [1.54, 1.807) is 6.20 Å². The van der Waals surface area contributed by atoms with Crippen LogP contribution in [0.15, 0.2) is 76.8 Å². The number of amidine groups is 1. The molecule has 2 atom stereocenters. The number of fused-ring (bicyclic) bond motifs is 1. The van der Waals surface area contributed by atoms with E-state index in [9.17, 15) is 4.79 Å². The molecule has 132 valence electrons. The molecule has 1 amide bonds. The molecular formula is C22H17N3OS. The third-order valence-corrected chi connectivity index (χ3v) is 5.77. The maximum atomic E-state index is 12.3. The number of carbonyl (C=O) groups excluding carboxylic acids is 1. The average Bonchev–Trinajstić information content (AvgIpc) is 3.38. The van der Waals surface area contributed by atoms with Crippen molar-refractivity contribution in [3.05, 3.63) is 82.9 Å². The molecule has 1 aliphatic heterocycles. The molecule has 0 spiro atoms. The number of pyridine rings is 1. The molecule has 5 rings (SSSR count). The summed E-state index contributed by atoms with van der Waals surface area (Å²) in [5.74, 6) is 0.388. The van der Waals surface area contributed by atoms with Crippen molar-refractivity contribution in [3.8, 4) is 0 Å². The van der Waals surface area contributed by atoms with Crippen LogP contribution in [0.25, 0.3) is 17.0 Å². The maximum absolute atomic E-state index is 12.3. The van der Waals surface area contributed by atoms with E-state index < -0.39 is 0 Å². The molecule has 0 radical (unpaired) electrons. The van der Waals surface area contributed by atoms with Crippen molar-refractivity contribution in [2.75, 3.05) is 0 Å². The lowest BCUT2D eigenvalue weighted by Crippen LogP contribution is -2.20. The molecule has 27 heavy (non-hydrogen) atoms. The minimum Gasteiger partial charge on any atom is -0.301 e. The molecule has 2 aliphatic rings. The fourth-order valence-electron chi connectivity index (χ4n) is 3.36. The highest BCUT2D eigenvalue weighted by Crippen LogP contribution is 2.44. The van der Waals surface area contributed by atoms with E-state index in [0.29, 0.717) is 16.0 Å². The minimum atomic E-state index is -0.0815. The highest BCUT2D eigenvalue weighted by molar-refractivity contribution is 8.18. The van der Waals surface area contributed by atoms with Gasteiger partial charge in [0, 0.05) is 17.5 Å². The first-order valence-electron chi connectivity index (χ1n) is 8.95. The van der Waals surface area contributed by atoms with E-state index in [1.165, 1.54) is 17.3 Å². The van der Waals surface area contributed by atoms with E-state index in [-0.39, 0.29) is 11.9 Å². The van der Waals surface area contributed by atoms with Crippen LogP contribution in [0, 0.1) is 0 Å². The summed E-state index contributed by atoms with van der Waals surface area (Å²) in [4.78, 5) is 22.1. The number of hydrogen-bond donors (Lipinski definition) is 1. The second-order valence-corrected chi connectivity index (χ2v) is 7.81. The lowest BCUT2D eigenvalue weighted by atomic mass is 10.1. The minimum absolute atomic E-state index is 0.0815. The Hall–Kier alpha value is -2.92. The van der Waals surface area contributed by atoms with Crippen LogP contribution < -0.4 is 5.32 Å². The van der Waals surface area contributed by atoms with Gasteiger partial charge in [-0.1, -0.05) is 42.5 Å². The molecule has 1 aromatic heterocycles. The zero-order chi connectivity index (χ0) is 18.2. The second-order valence-electron chi connectivity index (χ2n) is 6.77. The standard InChI is InChI=1S/C22H17N3OS/c26-21-20(12-14-8-9-18-16(11-14)7-4-10-23-18)27-22(25-21)24-19-13-17(19)15-5-2-1-3-6-15/h1-12,17,19H,13H2,(H,24,25,26)/b20-12-. The van der Waals surface area contributed by atoms with Crippen molar-refractivity contribution in [1.82, 2.24) is 10.3 Å². The third kappa shape index (κ3) is 3.38. The highest BCUT2D eigenvalue weighted by Gasteiger charge is 2.39. The topological polar surface area (TPSA) is 54.4 Å². The average molecular weight is 371 g/mol. The first kappa shape index (κ1) is 16.3. The number of benzene rings is 2. The number of nitrogens with zero attached hydrogens (tertiary/aromatic N) is 2. The van der Waals surface area contributed by atoms with E-state index in [0.717, 1.165) is 22.9 Å². The summed E-state index contributed by atoms with van der Waals surface area (Å²) in [5.41, 5.74) is 3.26. The van der Waals surface area contributed by atoms with Crippen molar-refractivity contribution >= 4 is 39.8 Å². The molecule has 2 unspecified atom stereocenters. The quantitative estimate of drug-likeness (QED) is 0.697. The Kier molecular flexibility index (Phi) is 4.02. The maximum Gasteiger partial charge on any atom is 0.264 e. The van der Waals surface area contributed by atoms with Gasteiger partial charge in [-0.25, -0.2) is 0 Å². The number of aromatic nitrogens is 1. The van der Waals surface area contributed by atoms with Gasteiger partial charge in [0.05, 0.1) is 16.5 Å². The van der Waals surface area contributed by atoms with Gasteiger partial charge in [-0.3, -0.25) is 14.8 Å². The normalized spacial score (nSPS) is 24.5. The van der Waals surface area contributed by atoms with Crippen LogP contribution in [-0.4, -0.2) is 22.1 Å². The van der Waals surface area contributed by atoms with Crippen molar-refractivity contribution in [2.45, 2.75) is 18.4 Å². The van der Waals surface area contributed by atoms with Gasteiger partial charge in [-0.2, -0.15) is 0 Å². The first-order valence-corrected chi connectivity index (χ1v) is 9.76. The van der Waals surface area contributed by atoms with Crippen molar-refractivity contribution in [3.63, 3.8) is 0 Å². The van der Waals surface area contributed by atoms with Gasteiger partial charge in [0.1, 0.15) is 0 Å². The van der Waals surface area contributed by atoms with Crippen LogP contribution >= 0.6 is 11.8 Å². The van der Waals surface area contributed by atoms with Crippen LogP contribution in [0.1, 0.15) is 23.5 Å². The second kappa shape index (κ2) is 6.67. The number of aliphatic imine (C=N–C) groups is 1.